The van der Waals surface area contributed by atoms with Gasteiger partial charge in [0.15, 0.2) is 0 Å². The molecule has 18 heavy (non-hydrogen) atoms. The van der Waals surface area contributed by atoms with Crippen molar-refractivity contribution in [2.45, 2.75) is 24.3 Å². The molecule has 2 rings (SSSR count). The minimum Gasteiger partial charge on any atom is -0.340 e. The molecule has 1 fully saturated rings. The van der Waals surface area contributed by atoms with Crippen LogP contribution in [0.4, 0.5) is 0 Å². The summed E-state index contributed by atoms with van der Waals surface area (Å²) in [5.41, 5.74) is 7.02. The second kappa shape index (κ2) is 7.02. The Morgan fingerprint density at radius 1 is 1.50 bits per heavy atom. The standard InChI is InChI=1S/C13H18N2OS.ClH/c1-10-4-2-3-5-12(10)17-9-13(16)15-7-6-11(14)8-15;/h2-5,11H,6-9,14H2,1H3;1H/t11-;/m1./s1. The van der Waals surface area contributed by atoms with Gasteiger partial charge in [0, 0.05) is 24.0 Å². The lowest BCUT2D eigenvalue weighted by atomic mass is 10.2. The normalized spacial score (nSPS) is 18.6. The van der Waals surface area contributed by atoms with Crippen LogP contribution in [-0.4, -0.2) is 35.7 Å². The number of hydrogen-bond acceptors (Lipinski definition) is 3. The van der Waals surface area contributed by atoms with Crippen LogP contribution in [0.3, 0.4) is 0 Å². The number of likely N-dealkylation sites (tertiary alicyclic amines) is 1. The molecule has 0 aromatic heterocycles. The molecule has 0 unspecified atom stereocenters. The molecular weight excluding hydrogens is 268 g/mol. The third-order valence-electron chi connectivity index (χ3n) is 3.02. The highest BCUT2D eigenvalue weighted by atomic mass is 35.5. The van der Waals surface area contributed by atoms with E-state index in [1.54, 1.807) is 11.8 Å². The van der Waals surface area contributed by atoms with Crippen molar-refractivity contribution >= 4 is 30.1 Å². The Bertz CT molecular complexity index is 414. The molecule has 100 valence electrons. The van der Waals surface area contributed by atoms with Gasteiger partial charge in [-0.25, -0.2) is 0 Å². The molecule has 1 atom stereocenters. The predicted molar refractivity (Wildman–Crippen MR) is 78.3 cm³/mol. The van der Waals surface area contributed by atoms with E-state index in [2.05, 4.69) is 19.1 Å². The highest BCUT2D eigenvalue weighted by molar-refractivity contribution is 8.00. The second-order valence-corrected chi connectivity index (χ2v) is 5.46. The second-order valence-electron chi connectivity index (χ2n) is 4.44. The van der Waals surface area contributed by atoms with Crippen LogP contribution in [0.1, 0.15) is 12.0 Å². The largest absolute Gasteiger partial charge is 0.340 e. The van der Waals surface area contributed by atoms with Crippen molar-refractivity contribution in [3.8, 4) is 0 Å². The minimum atomic E-state index is 0. The molecule has 1 heterocycles. The molecule has 0 aliphatic carbocycles. The van der Waals surface area contributed by atoms with Gasteiger partial charge in [0.1, 0.15) is 0 Å². The Labute approximate surface area is 119 Å². The lowest BCUT2D eigenvalue weighted by Gasteiger charge is -2.15. The third kappa shape index (κ3) is 3.90. The average Bonchev–Trinajstić information content (AvgIpc) is 2.74. The fourth-order valence-electron chi connectivity index (χ4n) is 1.96. The summed E-state index contributed by atoms with van der Waals surface area (Å²) in [4.78, 5) is 15.0. The molecule has 0 spiro atoms. The summed E-state index contributed by atoms with van der Waals surface area (Å²) >= 11 is 1.61. The van der Waals surface area contributed by atoms with E-state index in [0.717, 1.165) is 13.0 Å². The van der Waals surface area contributed by atoms with Crippen molar-refractivity contribution in [3.63, 3.8) is 0 Å². The lowest BCUT2D eigenvalue weighted by molar-refractivity contribution is -0.127. The van der Waals surface area contributed by atoms with Gasteiger partial charge in [-0.3, -0.25) is 4.79 Å². The number of rotatable bonds is 3. The number of hydrogen-bond donors (Lipinski definition) is 1. The molecular formula is C13H19ClN2OS. The first-order valence-corrected chi connectivity index (χ1v) is 6.87. The number of aryl methyl sites for hydroxylation is 1. The van der Waals surface area contributed by atoms with Crippen molar-refractivity contribution in [2.75, 3.05) is 18.8 Å². The monoisotopic (exact) mass is 286 g/mol. The number of halogens is 1. The Hall–Kier alpha value is -0.710. The van der Waals surface area contributed by atoms with Gasteiger partial charge in [-0.2, -0.15) is 0 Å². The maximum Gasteiger partial charge on any atom is 0.232 e. The van der Waals surface area contributed by atoms with E-state index >= 15 is 0 Å². The van der Waals surface area contributed by atoms with Gasteiger partial charge in [0.25, 0.3) is 0 Å². The highest BCUT2D eigenvalue weighted by Gasteiger charge is 2.23. The Morgan fingerprint density at radius 2 is 2.22 bits per heavy atom. The molecule has 1 aliphatic heterocycles. The van der Waals surface area contributed by atoms with E-state index in [-0.39, 0.29) is 24.4 Å². The quantitative estimate of drug-likeness (QED) is 0.866. The van der Waals surface area contributed by atoms with E-state index in [1.807, 2.05) is 17.0 Å². The summed E-state index contributed by atoms with van der Waals surface area (Å²) in [5.74, 6) is 0.712. The third-order valence-corrected chi connectivity index (χ3v) is 4.18. The van der Waals surface area contributed by atoms with Crippen molar-refractivity contribution < 1.29 is 4.79 Å². The fourth-order valence-corrected chi connectivity index (χ4v) is 2.90. The molecule has 1 aliphatic rings. The minimum absolute atomic E-state index is 0. The molecule has 3 nitrogen and oxygen atoms in total. The molecule has 1 aromatic rings. The van der Waals surface area contributed by atoms with Gasteiger partial charge in [-0.05, 0) is 25.0 Å². The zero-order valence-corrected chi connectivity index (χ0v) is 12.1. The number of nitrogens with two attached hydrogens (primary N) is 1. The topological polar surface area (TPSA) is 46.3 Å². The average molecular weight is 287 g/mol. The summed E-state index contributed by atoms with van der Waals surface area (Å²) in [5, 5.41) is 0. The van der Waals surface area contributed by atoms with Crippen molar-refractivity contribution in [3.05, 3.63) is 29.8 Å². The summed E-state index contributed by atoms with van der Waals surface area (Å²) in [7, 11) is 0. The van der Waals surface area contributed by atoms with Crippen LogP contribution in [0, 0.1) is 6.92 Å². The van der Waals surface area contributed by atoms with E-state index in [1.165, 1.54) is 10.5 Å². The highest BCUT2D eigenvalue weighted by Crippen LogP contribution is 2.22. The molecule has 1 aromatic carbocycles. The smallest absolute Gasteiger partial charge is 0.232 e. The van der Waals surface area contributed by atoms with Crippen LogP contribution >= 0.6 is 24.2 Å². The van der Waals surface area contributed by atoms with E-state index < -0.39 is 0 Å². The number of thioether (sulfide) groups is 1. The molecule has 2 N–H and O–H groups in total. The predicted octanol–water partition coefficient (Wildman–Crippen LogP) is 2.07. The van der Waals surface area contributed by atoms with Crippen LogP contribution < -0.4 is 5.73 Å². The zero-order chi connectivity index (χ0) is 12.3. The van der Waals surface area contributed by atoms with Gasteiger partial charge in [0.05, 0.1) is 5.75 Å². The number of carbonyl (C=O) groups excluding carboxylic acids is 1. The van der Waals surface area contributed by atoms with Gasteiger partial charge in [0.2, 0.25) is 5.91 Å². The van der Waals surface area contributed by atoms with Crippen molar-refractivity contribution in [2.24, 2.45) is 5.73 Å². The van der Waals surface area contributed by atoms with Gasteiger partial charge in [-0.1, -0.05) is 18.2 Å². The Morgan fingerprint density at radius 3 is 2.83 bits per heavy atom. The summed E-state index contributed by atoms with van der Waals surface area (Å²) in [6.07, 6.45) is 0.931. The lowest BCUT2D eigenvalue weighted by Crippen LogP contribution is -2.33. The maximum atomic E-state index is 11.9. The summed E-state index contributed by atoms with van der Waals surface area (Å²) in [6.45, 7) is 3.60. The van der Waals surface area contributed by atoms with Crippen LogP contribution in [0.5, 0.6) is 0 Å². The molecule has 1 saturated heterocycles. The van der Waals surface area contributed by atoms with Crippen molar-refractivity contribution in [1.82, 2.24) is 4.90 Å². The van der Waals surface area contributed by atoms with E-state index in [0.29, 0.717) is 12.3 Å². The first-order chi connectivity index (χ1) is 8.16. The number of nitrogens with zero attached hydrogens (tertiary/aromatic N) is 1. The Kier molecular flexibility index (Phi) is 5.99. The first kappa shape index (κ1) is 15.3. The van der Waals surface area contributed by atoms with Crippen LogP contribution in [-0.2, 0) is 4.79 Å². The van der Waals surface area contributed by atoms with Crippen LogP contribution in [0.25, 0.3) is 0 Å². The molecule has 0 bridgehead atoms. The van der Waals surface area contributed by atoms with Crippen LogP contribution in [0.15, 0.2) is 29.2 Å². The van der Waals surface area contributed by atoms with E-state index in [9.17, 15) is 4.79 Å². The van der Waals surface area contributed by atoms with Gasteiger partial charge < -0.3 is 10.6 Å². The molecule has 5 heteroatoms. The van der Waals surface area contributed by atoms with E-state index in [4.69, 9.17) is 5.73 Å². The molecule has 0 radical (unpaired) electrons. The number of amides is 1. The Balaban J connectivity index is 0.00000162. The number of carbonyl (C=O) groups is 1. The molecule has 0 saturated carbocycles. The SMILES string of the molecule is Cc1ccccc1SCC(=O)N1CC[C@@H](N)C1.Cl. The number of benzene rings is 1. The fraction of sp³-hybridized carbons (Fsp3) is 0.462. The van der Waals surface area contributed by atoms with Crippen molar-refractivity contribution in [1.29, 1.82) is 0 Å². The maximum absolute atomic E-state index is 11.9. The van der Waals surface area contributed by atoms with Crippen LogP contribution in [0.2, 0.25) is 0 Å². The zero-order valence-electron chi connectivity index (χ0n) is 10.5. The van der Waals surface area contributed by atoms with Gasteiger partial charge in [-0.15, -0.1) is 24.2 Å². The molecule has 1 amide bonds. The summed E-state index contributed by atoms with van der Waals surface area (Å²) < 4.78 is 0. The first-order valence-electron chi connectivity index (χ1n) is 5.88. The summed E-state index contributed by atoms with van der Waals surface area (Å²) in [6, 6.07) is 8.32. The van der Waals surface area contributed by atoms with Gasteiger partial charge >= 0.3 is 0 Å².